The Labute approximate surface area is 81.2 Å². The van der Waals surface area contributed by atoms with E-state index in [1.807, 2.05) is 0 Å². The van der Waals surface area contributed by atoms with Crippen molar-refractivity contribution in [3.05, 3.63) is 11.1 Å². The van der Waals surface area contributed by atoms with Crippen LogP contribution in [-0.4, -0.2) is 42.1 Å². The molecule has 0 bridgehead atoms. The van der Waals surface area contributed by atoms with Gasteiger partial charge in [0.05, 0.1) is 0 Å². The lowest BCUT2D eigenvalue weighted by molar-refractivity contribution is 0.362. The van der Waals surface area contributed by atoms with Gasteiger partial charge >= 0.3 is 0 Å². The van der Waals surface area contributed by atoms with Crippen molar-refractivity contribution in [2.45, 2.75) is 0 Å². The van der Waals surface area contributed by atoms with Gasteiger partial charge in [0, 0.05) is 37.2 Å². The molecule has 0 saturated heterocycles. The summed E-state index contributed by atoms with van der Waals surface area (Å²) in [5.74, 6) is 0. The monoisotopic (exact) mass is 264 g/mol. The van der Waals surface area contributed by atoms with E-state index in [0.717, 1.165) is 13.1 Å². The van der Waals surface area contributed by atoms with Crippen LogP contribution >= 0.6 is 22.6 Å². The van der Waals surface area contributed by atoms with Crippen molar-refractivity contribution in [1.29, 1.82) is 0 Å². The summed E-state index contributed by atoms with van der Waals surface area (Å²) in [6.45, 7) is 6.00. The summed E-state index contributed by atoms with van der Waals surface area (Å²) >= 11 is 2.45. The topological polar surface area (TPSA) is 15.3 Å². The van der Waals surface area contributed by atoms with Gasteiger partial charge in [0.2, 0.25) is 0 Å². The first-order valence-corrected chi connectivity index (χ1v) is 5.61. The molecule has 2 rings (SSSR count). The highest BCUT2D eigenvalue weighted by atomic mass is 127. The maximum atomic E-state index is 3.38. The Bertz CT molecular complexity index is 173. The van der Waals surface area contributed by atoms with Crippen molar-refractivity contribution >= 4 is 22.6 Å². The summed E-state index contributed by atoms with van der Waals surface area (Å²) in [6.07, 6.45) is 0. The van der Waals surface area contributed by atoms with E-state index in [-0.39, 0.29) is 0 Å². The van der Waals surface area contributed by atoms with Crippen molar-refractivity contribution in [2.75, 3.05) is 37.2 Å². The third-order valence-electron chi connectivity index (χ3n) is 2.41. The molecule has 11 heavy (non-hydrogen) atoms. The second-order valence-electron chi connectivity index (χ2n) is 3.21. The highest BCUT2D eigenvalue weighted by Gasteiger charge is 2.23. The SMILES string of the molecule is ICCN1CC2=C(CNC2)C1. The Balaban J connectivity index is 1.90. The Hall–Kier alpha value is 0.390. The third-order valence-corrected chi connectivity index (χ3v) is 2.89. The zero-order valence-corrected chi connectivity index (χ0v) is 8.73. The van der Waals surface area contributed by atoms with Crippen LogP contribution in [0.2, 0.25) is 0 Å². The van der Waals surface area contributed by atoms with Gasteiger partial charge in [-0.3, -0.25) is 4.90 Å². The maximum Gasteiger partial charge on any atom is 0.0212 e. The van der Waals surface area contributed by atoms with Crippen molar-refractivity contribution in [2.24, 2.45) is 0 Å². The minimum absolute atomic E-state index is 1.15. The quantitative estimate of drug-likeness (QED) is 0.447. The van der Waals surface area contributed by atoms with E-state index in [1.54, 1.807) is 11.1 Å². The number of hydrogen-bond acceptors (Lipinski definition) is 2. The van der Waals surface area contributed by atoms with Gasteiger partial charge in [0.15, 0.2) is 0 Å². The van der Waals surface area contributed by atoms with Crippen molar-refractivity contribution in [3.8, 4) is 0 Å². The van der Waals surface area contributed by atoms with E-state index in [9.17, 15) is 0 Å². The molecule has 0 radical (unpaired) electrons. The molecule has 0 aliphatic carbocycles. The predicted octanol–water partition coefficient (Wildman–Crippen LogP) is 0.637. The van der Waals surface area contributed by atoms with Gasteiger partial charge in [0.1, 0.15) is 0 Å². The molecule has 0 aromatic rings. The molecule has 0 fully saturated rings. The summed E-state index contributed by atoms with van der Waals surface area (Å²) in [7, 11) is 0. The molecule has 0 aromatic heterocycles. The van der Waals surface area contributed by atoms with E-state index in [1.165, 1.54) is 24.1 Å². The lowest BCUT2D eigenvalue weighted by atomic mass is 10.2. The minimum Gasteiger partial charge on any atom is -0.309 e. The lowest BCUT2D eigenvalue weighted by Crippen LogP contribution is -2.28. The zero-order chi connectivity index (χ0) is 7.68. The number of rotatable bonds is 2. The largest absolute Gasteiger partial charge is 0.309 e. The van der Waals surface area contributed by atoms with Gasteiger partial charge in [-0.05, 0) is 11.1 Å². The van der Waals surface area contributed by atoms with Crippen LogP contribution in [0.25, 0.3) is 0 Å². The highest BCUT2D eigenvalue weighted by molar-refractivity contribution is 14.1. The first kappa shape index (κ1) is 8.01. The van der Waals surface area contributed by atoms with Gasteiger partial charge in [-0.15, -0.1) is 0 Å². The van der Waals surface area contributed by atoms with Gasteiger partial charge in [-0.25, -0.2) is 0 Å². The van der Waals surface area contributed by atoms with E-state index >= 15 is 0 Å². The van der Waals surface area contributed by atoms with Crippen LogP contribution in [0.5, 0.6) is 0 Å². The number of nitrogens with one attached hydrogen (secondary N) is 1. The second kappa shape index (κ2) is 3.41. The molecular weight excluding hydrogens is 251 g/mol. The second-order valence-corrected chi connectivity index (χ2v) is 4.29. The molecule has 0 unspecified atom stereocenters. The molecule has 0 atom stereocenters. The van der Waals surface area contributed by atoms with Crippen molar-refractivity contribution in [3.63, 3.8) is 0 Å². The van der Waals surface area contributed by atoms with Crippen LogP contribution in [0, 0.1) is 0 Å². The number of nitrogens with zero attached hydrogens (tertiary/aromatic N) is 1. The minimum atomic E-state index is 1.15. The van der Waals surface area contributed by atoms with Crippen LogP contribution in [0.3, 0.4) is 0 Å². The summed E-state index contributed by atoms with van der Waals surface area (Å²) in [6, 6.07) is 0. The highest BCUT2D eigenvalue weighted by Crippen LogP contribution is 2.19. The fourth-order valence-electron chi connectivity index (χ4n) is 1.82. The Morgan fingerprint density at radius 3 is 2.45 bits per heavy atom. The average Bonchev–Trinajstić information content (AvgIpc) is 2.46. The van der Waals surface area contributed by atoms with Gasteiger partial charge in [-0.1, -0.05) is 22.6 Å². The lowest BCUT2D eigenvalue weighted by Gasteiger charge is -2.15. The van der Waals surface area contributed by atoms with Crippen LogP contribution in [0.4, 0.5) is 0 Å². The molecule has 1 N–H and O–H groups in total. The molecule has 2 aliphatic rings. The molecular formula is C8H13IN2. The number of alkyl halides is 1. The normalized spacial score (nSPS) is 24.8. The number of halogens is 1. The zero-order valence-electron chi connectivity index (χ0n) is 6.57. The summed E-state index contributed by atoms with van der Waals surface area (Å²) in [4.78, 5) is 2.54. The standard InChI is InChI=1S/C8H13IN2/c9-1-2-11-5-7-3-10-4-8(7)6-11/h10H,1-6H2. The number of hydrogen-bond donors (Lipinski definition) is 1. The van der Waals surface area contributed by atoms with E-state index in [2.05, 4.69) is 32.8 Å². The Kier molecular flexibility index (Phi) is 2.48. The average molecular weight is 264 g/mol. The van der Waals surface area contributed by atoms with Gasteiger partial charge in [0.25, 0.3) is 0 Å². The summed E-state index contributed by atoms with van der Waals surface area (Å²) < 4.78 is 1.26. The van der Waals surface area contributed by atoms with Crippen LogP contribution in [-0.2, 0) is 0 Å². The van der Waals surface area contributed by atoms with Gasteiger partial charge < -0.3 is 5.32 Å². The van der Waals surface area contributed by atoms with Crippen molar-refractivity contribution in [1.82, 2.24) is 10.2 Å². The van der Waals surface area contributed by atoms with Crippen LogP contribution in [0.1, 0.15) is 0 Å². The summed E-state index contributed by atoms with van der Waals surface area (Å²) in [5, 5.41) is 3.38. The fraction of sp³-hybridized carbons (Fsp3) is 0.750. The Morgan fingerprint density at radius 2 is 1.91 bits per heavy atom. The van der Waals surface area contributed by atoms with E-state index in [4.69, 9.17) is 0 Å². The van der Waals surface area contributed by atoms with E-state index in [0.29, 0.717) is 0 Å². The fourth-order valence-corrected chi connectivity index (χ4v) is 2.51. The van der Waals surface area contributed by atoms with Gasteiger partial charge in [-0.2, -0.15) is 0 Å². The molecule has 62 valence electrons. The third kappa shape index (κ3) is 1.60. The van der Waals surface area contributed by atoms with Crippen LogP contribution in [0.15, 0.2) is 11.1 Å². The summed E-state index contributed by atoms with van der Waals surface area (Å²) in [5.41, 5.74) is 3.32. The van der Waals surface area contributed by atoms with E-state index < -0.39 is 0 Å². The smallest absolute Gasteiger partial charge is 0.0212 e. The Morgan fingerprint density at radius 1 is 1.27 bits per heavy atom. The first-order valence-electron chi connectivity index (χ1n) is 4.09. The van der Waals surface area contributed by atoms with Crippen molar-refractivity contribution < 1.29 is 0 Å². The molecule has 2 nitrogen and oxygen atoms in total. The first-order chi connectivity index (χ1) is 5.40. The molecule has 2 aliphatic heterocycles. The molecule has 0 spiro atoms. The maximum absolute atomic E-state index is 3.38. The van der Waals surface area contributed by atoms with Crippen LogP contribution < -0.4 is 5.32 Å². The molecule has 0 amide bonds. The molecule has 0 saturated carbocycles. The molecule has 2 heterocycles. The molecule has 3 heteroatoms. The predicted molar refractivity (Wildman–Crippen MR) is 55.2 cm³/mol. The molecule has 0 aromatic carbocycles.